The van der Waals surface area contributed by atoms with Crippen LogP contribution in [0.1, 0.15) is 10.5 Å². The van der Waals surface area contributed by atoms with Crippen molar-refractivity contribution in [1.82, 2.24) is 4.57 Å². The van der Waals surface area contributed by atoms with E-state index in [1.54, 1.807) is 48.0 Å². The van der Waals surface area contributed by atoms with Crippen LogP contribution >= 0.6 is 11.6 Å². The predicted octanol–water partition coefficient (Wildman–Crippen LogP) is 4.34. The van der Waals surface area contributed by atoms with Crippen LogP contribution in [-0.2, 0) is 7.05 Å². The van der Waals surface area contributed by atoms with Crippen LogP contribution in [-0.4, -0.2) is 15.6 Å². The van der Waals surface area contributed by atoms with E-state index in [-0.39, 0.29) is 10.7 Å². The van der Waals surface area contributed by atoms with Gasteiger partial charge >= 0.3 is 5.97 Å². The maximum absolute atomic E-state index is 14.3. The number of carboxylic acid groups (broad SMARTS) is 1. The lowest BCUT2D eigenvalue weighted by atomic mass is 10.0. The number of halogens is 2. The van der Waals surface area contributed by atoms with Gasteiger partial charge in [-0.2, -0.15) is 0 Å². The Labute approximate surface area is 125 Å². The van der Waals surface area contributed by atoms with Gasteiger partial charge in [0.15, 0.2) is 0 Å². The first kappa shape index (κ1) is 13.6. The molecule has 0 atom stereocenters. The van der Waals surface area contributed by atoms with Gasteiger partial charge in [0.05, 0.1) is 10.5 Å². The smallest absolute Gasteiger partial charge is 0.352 e. The van der Waals surface area contributed by atoms with Gasteiger partial charge in [-0.1, -0.05) is 41.9 Å². The van der Waals surface area contributed by atoms with E-state index in [1.165, 1.54) is 6.07 Å². The molecule has 0 amide bonds. The normalized spacial score (nSPS) is 11.0. The molecule has 0 aliphatic heterocycles. The van der Waals surface area contributed by atoms with E-state index >= 15 is 0 Å². The second-order valence-corrected chi connectivity index (χ2v) is 5.15. The summed E-state index contributed by atoms with van der Waals surface area (Å²) < 4.78 is 15.8. The van der Waals surface area contributed by atoms with Crippen LogP contribution in [0.15, 0.2) is 42.5 Å². The number of benzene rings is 2. The SMILES string of the molecule is Cn1c(C(=O)O)cc2cccc(-c3cccc(Cl)c3F)c21. The van der Waals surface area contributed by atoms with Crippen molar-refractivity contribution in [3.63, 3.8) is 0 Å². The van der Waals surface area contributed by atoms with Gasteiger partial charge < -0.3 is 9.67 Å². The first-order valence-corrected chi connectivity index (χ1v) is 6.64. The average molecular weight is 304 g/mol. The largest absolute Gasteiger partial charge is 0.477 e. The van der Waals surface area contributed by atoms with Gasteiger partial charge in [0.1, 0.15) is 11.5 Å². The van der Waals surface area contributed by atoms with Gasteiger partial charge in [-0.25, -0.2) is 9.18 Å². The lowest BCUT2D eigenvalue weighted by Crippen LogP contribution is -2.04. The molecular weight excluding hydrogens is 293 g/mol. The van der Waals surface area contributed by atoms with Gasteiger partial charge in [-0.05, 0) is 12.1 Å². The Morgan fingerprint density at radius 2 is 1.86 bits per heavy atom. The number of carbonyl (C=O) groups is 1. The van der Waals surface area contributed by atoms with Crippen LogP contribution in [0.4, 0.5) is 4.39 Å². The minimum Gasteiger partial charge on any atom is -0.477 e. The molecule has 2 aromatic carbocycles. The molecule has 0 saturated carbocycles. The Kier molecular flexibility index (Phi) is 3.18. The second-order valence-electron chi connectivity index (χ2n) is 4.74. The third-order valence-corrected chi connectivity index (χ3v) is 3.81. The van der Waals surface area contributed by atoms with Crippen molar-refractivity contribution in [3.05, 3.63) is 59.0 Å². The Bertz CT molecular complexity index is 870. The fraction of sp³-hybridized carbons (Fsp3) is 0.0625. The van der Waals surface area contributed by atoms with Crippen molar-refractivity contribution >= 4 is 28.5 Å². The van der Waals surface area contributed by atoms with Crippen LogP contribution in [0, 0.1) is 5.82 Å². The van der Waals surface area contributed by atoms with E-state index < -0.39 is 11.8 Å². The third kappa shape index (κ3) is 2.08. The number of hydrogen-bond donors (Lipinski definition) is 1. The Morgan fingerprint density at radius 3 is 2.57 bits per heavy atom. The Morgan fingerprint density at radius 1 is 1.19 bits per heavy atom. The monoisotopic (exact) mass is 303 g/mol. The summed E-state index contributed by atoms with van der Waals surface area (Å²) in [5.41, 5.74) is 1.78. The van der Waals surface area contributed by atoms with Crippen molar-refractivity contribution in [2.75, 3.05) is 0 Å². The lowest BCUT2D eigenvalue weighted by molar-refractivity contribution is 0.0687. The van der Waals surface area contributed by atoms with E-state index in [1.807, 2.05) is 0 Å². The van der Waals surface area contributed by atoms with Crippen LogP contribution in [0.25, 0.3) is 22.0 Å². The summed E-state index contributed by atoms with van der Waals surface area (Å²) in [5, 5.41) is 9.99. The molecule has 3 rings (SSSR count). The molecule has 3 aromatic rings. The third-order valence-electron chi connectivity index (χ3n) is 3.52. The van der Waals surface area contributed by atoms with Gasteiger partial charge in [-0.3, -0.25) is 0 Å². The number of aryl methyl sites for hydroxylation is 1. The highest BCUT2D eigenvalue weighted by molar-refractivity contribution is 6.31. The minimum atomic E-state index is -1.02. The summed E-state index contributed by atoms with van der Waals surface area (Å²) in [6, 6.07) is 11.7. The molecule has 0 aliphatic rings. The van der Waals surface area contributed by atoms with Crippen molar-refractivity contribution in [2.24, 2.45) is 7.05 Å². The standard InChI is InChI=1S/C16H11ClFNO2/c1-19-13(16(20)21)8-9-4-2-6-11(15(9)19)10-5-3-7-12(17)14(10)18/h2-8H,1H3,(H,20,21). The number of hydrogen-bond acceptors (Lipinski definition) is 1. The maximum Gasteiger partial charge on any atom is 0.352 e. The Hall–Kier alpha value is -2.33. The summed E-state index contributed by atoms with van der Waals surface area (Å²) >= 11 is 5.83. The van der Waals surface area contributed by atoms with Gasteiger partial charge in [0.2, 0.25) is 0 Å². The molecule has 106 valence electrons. The Balaban J connectivity index is 2.38. The highest BCUT2D eigenvalue weighted by atomic mass is 35.5. The molecule has 1 heterocycles. The van der Waals surface area contributed by atoms with E-state index in [2.05, 4.69) is 0 Å². The average Bonchev–Trinajstić information content (AvgIpc) is 2.80. The molecule has 0 spiro atoms. The molecule has 0 radical (unpaired) electrons. The lowest BCUT2D eigenvalue weighted by Gasteiger charge is -2.09. The molecule has 3 nitrogen and oxygen atoms in total. The molecule has 0 aliphatic carbocycles. The fourth-order valence-corrected chi connectivity index (χ4v) is 2.73. The fourth-order valence-electron chi connectivity index (χ4n) is 2.55. The molecular formula is C16H11ClFNO2. The molecule has 5 heteroatoms. The zero-order chi connectivity index (χ0) is 15.1. The molecule has 21 heavy (non-hydrogen) atoms. The number of aromatic nitrogens is 1. The number of carboxylic acids is 1. The first-order valence-electron chi connectivity index (χ1n) is 6.27. The number of rotatable bonds is 2. The van der Waals surface area contributed by atoms with E-state index in [0.717, 1.165) is 5.39 Å². The van der Waals surface area contributed by atoms with Crippen molar-refractivity contribution in [1.29, 1.82) is 0 Å². The summed E-state index contributed by atoms with van der Waals surface area (Å²) in [5.74, 6) is -1.53. The highest BCUT2D eigenvalue weighted by Crippen LogP contribution is 2.34. The summed E-state index contributed by atoms with van der Waals surface area (Å²) in [7, 11) is 1.65. The zero-order valence-corrected chi connectivity index (χ0v) is 11.9. The van der Waals surface area contributed by atoms with Crippen molar-refractivity contribution in [2.45, 2.75) is 0 Å². The van der Waals surface area contributed by atoms with Gasteiger partial charge in [0, 0.05) is 23.6 Å². The van der Waals surface area contributed by atoms with Crippen molar-refractivity contribution in [3.8, 4) is 11.1 Å². The van der Waals surface area contributed by atoms with Gasteiger partial charge in [-0.15, -0.1) is 0 Å². The van der Waals surface area contributed by atoms with Crippen LogP contribution in [0.2, 0.25) is 5.02 Å². The molecule has 0 bridgehead atoms. The quantitative estimate of drug-likeness (QED) is 0.765. The first-order chi connectivity index (χ1) is 10.0. The van der Waals surface area contributed by atoms with Gasteiger partial charge in [0.25, 0.3) is 0 Å². The van der Waals surface area contributed by atoms with E-state index in [4.69, 9.17) is 11.6 Å². The molecule has 1 N–H and O–H groups in total. The molecule has 0 unspecified atom stereocenters. The predicted molar refractivity (Wildman–Crippen MR) is 80.3 cm³/mol. The molecule has 1 aromatic heterocycles. The van der Waals surface area contributed by atoms with Crippen molar-refractivity contribution < 1.29 is 14.3 Å². The summed E-state index contributed by atoms with van der Waals surface area (Å²) in [6.07, 6.45) is 0. The second kappa shape index (κ2) is 4.90. The van der Waals surface area contributed by atoms with Crippen LogP contribution < -0.4 is 0 Å². The number of aromatic carboxylic acids is 1. The number of nitrogens with zero attached hydrogens (tertiary/aromatic N) is 1. The number of fused-ring (bicyclic) bond motifs is 1. The van der Waals surface area contributed by atoms with Crippen LogP contribution in [0.3, 0.4) is 0 Å². The highest BCUT2D eigenvalue weighted by Gasteiger charge is 2.17. The zero-order valence-electron chi connectivity index (χ0n) is 11.1. The molecule has 0 saturated heterocycles. The van der Waals surface area contributed by atoms with E-state index in [9.17, 15) is 14.3 Å². The number of para-hydroxylation sites is 1. The van der Waals surface area contributed by atoms with Crippen LogP contribution in [0.5, 0.6) is 0 Å². The summed E-state index contributed by atoms with van der Waals surface area (Å²) in [4.78, 5) is 11.2. The topological polar surface area (TPSA) is 42.2 Å². The van der Waals surface area contributed by atoms with E-state index in [0.29, 0.717) is 16.6 Å². The summed E-state index contributed by atoms with van der Waals surface area (Å²) in [6.45, 7) is 0. The maximum atomic E-state index is 14.3. The molecule has 0 fully saturated rings. The minimum absolute atomic E-state index is 0.0390.